The number of hydrogen-bond donors (Lipinski definition) is 2. The van der Waals surface area contributed by atoms with E-state index in [0.29, 0.717) is 22.2 Å². The van der Waals surface area contributed by atoms with Crippen LogP contribution in [0.3, 0.4) is 0 Å². The summed E-state index contributed by atoms with van der Waals surface area (Å²) in [5.74, 6) is 0.715. The molecule has 3 N–H and O–H groups in total. The fourth-order valence-corrected chi connectivity index (χ4v) is 4.61. The van der Waals surface area contributed by atoms with Crippen LogP contribution in [0.2, 0.25) is 0 Å². The molecule has 27 heavy (non-hydrogen) atoms. The van der Waals surface area contributed by atoms with Gasteiger partial charge in [0.05, 0.1) is 11.3 Å². The molecule has 138 valence electrons. The number of aromatic nitrogens is 1. The summed E-state index contributed by atoms with van der Waals surface area (Å²) in [6.07, 6.45) is 3.44. The Hall–Kier alpha value is -2.76. The number of carbonyl (C=O) groups excluding carboxylic acids is 1. The molecule has 1 saturated heterocycles. The second kappa shape index (κ2) is 7.47. The summed E-state index contributed by atoms with van der Waals surface area (Å²) in [6.45, 7) is 1.81. The molecule has 2 aromatic rings. The third-order valence-corrected chi connectivity index (χ3v) is 6.34. The van der Waals surface area contributed by atoms with Crippen molar-refractivity contribution in [1.29, 1.82) is 5.26 Å². The maximum absolute atomic E-state index is 11.5. The predicted octanol–water partition coefficient (Wildman–Crippen LogP) is 1.51. The number of nitrogens with zero attached hydrogens (tertiary/aromatic N) is 3. The van der Waals surface area contributed by atoms with Gasteiger partial charge in [0.15, 0.2) is 5.17 Å². The van der Waals surface area contributed by atoms with Crippen LogP contribution < -0.4 is 15.8 Å². The van der Waals surface area contributed by atoms with Crippen molar-refractivity contribution in [3.05, 3.63) is 35.5 Å². The third kappa shape index (κ3) is 3.70. The van der Waals surface area contributed by atoms with Gasteiger partial charge < -0.3 is 15.8 Å². The van der Waals surface area contributed by atoms with E-state index in [9.17, 15) is 10.1 Å². The van der Waals surface area contributed by atoms with E-state index >= 15 is 0 Å². The minimum absolute atomic E-state index is 0.0775. The summed E-state index contributed by atoms with van der Waals surface area (Å²) in [6, 6.07) is 7.96. The normalized spacial score (nSPS) is 20.6. The molecule has 2 aliphatic heterocycles. The lowest BCUT2D eigenvalue weighted by molar-refractivity contribution is -0.115. The first-order valence-electron chi connectivity index (χ1n) is 8.76. The molecule has 1 amide bonds. The summed E-state index contributed by atoms with van der Waals surface area (Å²) in [5, 5.41) is 15.9. The number of fused-ring (bicyclic) bond motifs is 1. The zero-order valence-corrected chi connectivity index (χ0v) is 15.5. The van der Waals surface area contributed by atoms with Crippen molar-refractivity contribution in [2.75, 3.05) is 18.8 Å². The first-order valence-corrected chi connectivity index (χ1v) is 10.2. The Morgan fingerprint density at radius 3 is 2.89 bits per heavy atom. The summed E-state index contributed by atoms with van der Waals surface area (Å²) in [5.41, 5.74) is 7.96. The van der Waals surface area contributed by atoms with Crippen LogP contribution in [-0.2, 0) is 4.79 Å². The van der Waals surface area contributed by atoms with Gasteiger partial charge in [-0.05, 0) is 49.0 Å². The van der Waals surface area contributed by atoms with E-state index in [2.05, 4.69) is 21.4 Å². The first kappa shape index (κ1) is 17.6. The fourth-order valence-electron chi connectivity index (χ4n) is 3.23. The largest absolute Gasteiger partial charge is 0.488 e. The van der Waals surface area contributed by atoms with Gasteiger partial charge in [0.25, 0.3) is 5.91 Å². The number of benzene rings is 1. The Balaban J connectivity index is 1.76. The number of amidine groups is 1. The SMILES string of the molecule is N#Cc1cnc2ccc(C=S3CC(=O)N=C3N)cc2c1OC1CCNCC1. The average molecular weight is 381 g/mol. The molecule has 2 aliphatic rings. The average Bonchev–Trinajstić information content (AvgIpc) is 3.00. The van der Waals surface area contributed by atoms with E-state index < -0.39 is 10.5 Å². The van der Waals surface area contributed by atoms with Crippen LogP contribution in [0.25, 0.3) is 10.9 Å². The minimum atomic E-state index is -0.497. The van der Waals surface area contributed by atoms with Crippen LogP contribution in [-0.4, -0.2) is 46.4 Å². The van der Waals surface area contributed by atoms with E-state index in [1.807, 2.05) is 23.6 Å². The molecule has 8 heteroatoms. The standard InChI is InChI=1S/C19H19N5O2S/c20-8-13-9-23-16-2-1-12(10-27-11-17(25)24-19(27)21)7-15(16)18(13)26-14-3-5-22-6-4-14/h1-2,7,9-10,14,22H,3-6,11H2,(H2,21,24,25). The van der Waals surface area contributed by atoms with E-state index in [0.717, 1.165) is 42.4 Å². The molecule has 3 heterocycles. The molecule has 1 aromatic carbocycles. The van der Waals surface area contributed by atoms with Gasteiger partial charge in [-0.1, -0.05) is 6.07 Å². The van der Waals surface area contributed by atoms with Gasteiger partial charge in [-0.15, -0.1) is 10.5 Å². The second-order valence-electron chi connectivity index (χ2n) is 6.49. The molecule has 1 unspecified atom stereocenters. The molecule has 1 fully saturated rings. The van der Waals surface area contributed by atoms with Crippen molar-refractivity contribution in [2.24, 2.45) is 10.7 Å². The van der Waals surface area contributed by atoms with Crippen molar-refractivity contribution in [2.45, 2.75) is 18.9 Å². The lowest BCUT2D eigenvalue weighted by Gasteiger charge is -2.25. The summed E-state index contributed by atoms with van der Waals surface area (Å²) < 4.78 is 6.24. The number of nitriles is 1. The van der Waals surface area contributed by atoms with Crippen molar-refractivity contribution < 1.29 is 9.53 Å². The van der Waals surface area contributed by atoms with Gasteiger partial charge >= 0.3 is 0 Å². The Morgan fingerprint density at radius 2 is 2.19 bits per heavy atom. The van der Waals surface area contributed by atoms with Gasteiger partial charge in [0.2, 0.25) is 0 Å². The number of amides is 1. The van der Waals surface area contributed by atoms with Crippen LogP contribution in [0.5, 0.6) is 5.75 Å². The van der Waals surface area contributed by atoms with Gasteiger partial charge in [-0.2, -0.15) is 10.3 Å². The summed E-state index contributed by atoms with van der Waals surface area (Å²) in [7, 11) is -0.497. The van der Waals surface area contributed by atoms with Crippen LogP contribution in [0.15, 0.2) is 29.4 Å². The highest BCUT2D eigenvalue weighted by Crippen LogP contribution is 2.31. The summed E-state index contributed by atoms with van der Waals surface area (Å²) in [4.78, 5) is 19.7. The number of ether oxygens (including phenoxy) is 1. The number of aliphatic imine (C=N–C) groups is 1. The van der Waals surface area contributed by atoms with Crippen LogP contribution in [0.1, 0.15) is 24.0 Å². The Morgan fingerprint density at radius 1 is 1.37 bits per heavy atom. The Bertz CT molecular complexity index is 1020. The topological polar surface area (TPSA) is 113 Å². The molecule has 0 radical (unpaired) electrons. The molecule has 1 atom stereocenters. The van der Waals surface area contributed by atoms with Gasteiger partial charge in [-0.3, -0.25) is 9.78 Å². The monoisotopic (exact) mass is 381 g/mol. The van der Waals surface area contributed by atoms with Gasteiger partial charge in [0.1, 0.15) is 23.5 Å². The van der Waals surface area contributed by atoms with E-state index in [4.69, 9.17) is 10.5 Å². The number of rotatable bonds is 3. The van der Waals surface area contributed by atoms with Crippen molar-refractivity contribution in [3.63, 3.8) is 0 Å². The zero-order valence-electron chi connectivity index (χ0n) is 14.6. The number of carbonyl (C=O) groups is 1. The van der Waals surface area contributed by atoms with Crippen molar-refractivity contribution >= 4 is 37.8 Å². The number of nitrogens with one attached hydrogen (secondary N) is 1. The van der Waals surface area contributed by atoms with Crippen LogP contribution in [0.4, 0.5) is 0 Å². The van der Waals surface area contributed by atoms with E-state index in [1.165, 1.54) is 0 Å². The first-order chi connectivity index (χ1) is 13.1. The van der Waals surface area contributed by atoms with Crippen LogP contribution >= 0.6 is 10.5 Å². The molecule has 0 bridgehead atoms. The number of hydrogen-bond acceptors (Lipinski definition) is 6. The highest BCUT2D eigenvalue weighted by atomic mass is 32.2. The highest BCUT2D eigenvalue weighted by Gasteiger charge is 2.20. The summed E-state index contributed by atoms with van der Waals surface area (Å²) >= 11 is 0. The molecule has 0 spiro atoms. The molecule has 7 nitrogen and oxygen atoms in total. The lowest BCUT2D eigenvalue weighted by Crippen LogP contribution is -2.34. The molecular formula is C19H19N5O2S. The van der Waals surface area contributed by atoms with Crippen molar-refractivity contribution in [1.82, 2.24) is 10.3 Å². The second-order valence-corrected chi connectivity index (χ2v) is 8.29. The van der Waals surface area contributed by atoms with Gasteiger partial charge in [-0.25, -0.2) is 0 Å². The smallest absolute Gasteiger partial charge is 0.258 e. The van der Waals surface area contributed by atoms with Crippen molar-refractivity contribution in [3.8, 4) is 11.8 Å². The molecular weight excluding hydrogens is 362 g/mol. The molecule has 4 rings (SSSR count). The maximum atomic E-state index is 11.5. The Labute approximate surface area is 159 Å². The highest BCUT2D eigenvalue weighted by molar-refractivity contribution is 8.28. The molecule has 1 aromatic heterocycles. The van der Waals surface area contributed by atoms with E-state index in [-0.39, 0.29) is 12.0 Å². The predicted molar refractivity (Wildman–Crippen MR) is 107 cm³/mol. The Kier molecular flexibility index (Phi) is 4.88. The zero-order chi connectivity index (χ0) is 18.8. The number of nitrogens with two attached hydrogens (primary N) is 1. The van der Waals surface area contributed by atoms with Crippen LogP contribution in [0, 0.1) is 11.3 Å². The quantitative estimate of drug-likeness (QED) is 0.779. The fraction of sp³-hybridized carbons (Fsp3) is 0.316. The third-order valence-electron chi connectivity index (χ3n) is 4.59. The lowest BCUT2D eigenvalue weighted by atomic mass is 10.1. The number of piperidine rings is 1. The number of pyridine rings is 1. The minimum Gasteiger partial charge on any atom is -0.488 e. The molecule has 0 saturated carbocycles. The van der Waals surface area contributed by atoms with E-state index in [1.54, 1.807) is 6.20 Å². The van der Waals surface area contributed by atoms with Gasteiger partial charge in [0, 0.05) is 11.6 Å². The molecule has 0 aliphatic carbocycles. The maximum Gasteiger partial charge on any atom is 0.258 e.